The zero-order chi connectivity index (χ0) is 12.3. The number of nitrogens with zero attached hydrogens (tertiary/aromatic N) is 1. The fraction of sp³-hybridized carbons (Fsp3) is 0.357. The second kappa shape index (κ2) is 4.92. The Morgan fingerprint density at radius 2 is 2.41 bits per heavy atom. The fourth-order valence-corrected chi connectivity index (χ4v) is 2.12. The molecule has 1 aromatic rings. The van der Waals surface area contributed by atoms with Crippen molar-refractivity contribution in [2.45, 2.75) is 12.8 Å². The molecule has 17 heavy (non-hydrogen) atoms. The number of anilines is 1. The molecule has 1 N–H and O–H groups in total. The maximum atomic E-state index is 12.2. The first-order chi connectivity index (χ1) is 8.24. The summed E-state index contributed by atoms with van der Waals surface area (Å²) in [4.78, 5) is 13.8. The molecule has 1 heterocycles. The lowest BCUT2D eigenvalue weighted by Crippen LogP contribution is -2.28. The number of rotatable bonds is 2. The van der Waals surface area contributed by atoms with E-state index < -0.39 is 0 Å². The number of carbonyl (C=O) groups is 1. The minimum absolute atomic E-state index is 0.00324. The molecule has 0 fully saturated rings. The van der Waals surface area contributed by atoms with Crippen molar-refractivity contribution in [3.05, 3.63) is 29.3 Å². The van der Waals surface area contributed by atoms with Gasteiger partial charge < -0.3 is 10.2 Å². The summed E-state index contributed by atoms with van der Waals surface area (Å²) in [5.41, 5.74) is 2.97. The maximum Gasteiger partial charge on any atom is 0.254 e. The third kappa shape index (κ3) is 2.26. The van der Waals surface area contributed by atoms with Crippen molar-refractivity contribution in [2.75, 3.05) is 25.5 Å². The quantitative estimate of drug-likeness (QED) is 0.782. The van der Waals surface area contributed by atoms with E-state index in [0.29, 0.717) is 6.54 Å². The Hall–Kier alpha value is -1.95. The molecule has 0 aromatic heterocycles. The Bertz CT molecular complexity index is 474. The van der Waals surface area contributed by atoms with Gasteiger partial charge in [0.1, 0.15) is 0 Å². The maximum absolute atomic E-state index is 12.2. The predicted molar refractivity (Wildman–Crippen MR) is 69.0 cm³/mol. The van der Waals surface area contributed by atoms with Gasteiger partial charge in [-0.2, -0.15) is 0 Å². The molecule has 3 nitrogen and oxygen atoms in total. The predicted octanol–water partition coefficient (Wildman–Crippen LogP) is 1.75. The van der Waals surface area contributed by atoms with Crippen molar-refractivity contribution < 1.29 is 4.79 Å². The van der Waals surface area contributed by atoms with Gasteiger partial charge in [-0.15, -0.1) is 6.42 Å². The van der Waals surface area contributed by atoms with Gasteiger partial charge in [0.2, 0.25) is 0 Å². The summed E-state index contributed by atoms with van der Waals surface area (Å²) in [5.74, 6) is 2.49. The first kappa shape index (κ1) is 11.5. The fourth-order valence-electron chi connectivity index (χ4n) is 2.12. The van der Waals surface area contributed by atoms with Gasteiger partial charge in [-0.05, 0) is 30.5 Å². The second-order valence-electron chi connectivity index (χ2n) is 4.23. The molecule has 0 saturated heterocycles. The normalized spacial score (nSPS) is 13.2. The number of benzene rings is 1. The van der Waals surface area contributed by atoms with Crippen molar-refractivity contribution >= 4 is 11.6 Å². The van der Waals surface area contributed by atoms with Crippen LogP contribution in [0.2, 0.25) is 0 Å². The van der Waals surface area contributed by atoms with Crippen LogP contribution in [0, 0.1) is 12.3 Å². The third-order valence-corrected chi connectivity index (χ3v) is 3.00. The smallest absolute Gasteiger partial charge is 0.254 e. The largest absolute Gasteiger partial charge is 0.385 e. The van der Waals surface area contributed by atoms with Crippen LogP contribution >= 0.6 is 0 Å². The zero-order valence-corrected chi connectivity index (χ0v) is 9.99. The summed E-state index contributed by atoms with van der Waals surface area (Å²) >= 11 is 0. The Balaban J connectivity index is 2.33. The molecule has 0 bridgehead atoms. The highest BCUT2D eigenvalue weighted by Crippen LogP contribution is 2.25. The van der Waals surface area contributed by atoms with Crippen LogP contribution in [0.5, 0.6) is 0 Å². The summed E-state index contributed by atoms with van der Waals surface area (Å²) in [7, 11) is 1.73. The molecule has 1 aliphatic rings. The Kier molecular flexibility index (Phi) is 3.34. The van der Waals surface area contributed by atoms with Gasteiger partial charge in [-0.25, -0.2) is 0 Å². The van der Waals surface area contributed by atoms with Gasteiger partial charge in [0.05, 0.1) is 6.54 Å². The molecule has 88 valence electrons. The number of hydrogen-bond acceptors (Lipinski definition) is 2. The molecule has 0 saturated carbocycles. The third-order valence-electron chi connectivity index (χ3n) is 3.00. The van der Waals surface area contributed by atoms with Crippen molar-refractivity contribution in [3.63, 3.8) is 0 Å². The highest BCUT2D eigenvalue weighted by molar-refractivity contribution is 5.97. The Morgan fingerprint density at radius 1 is 1.59 bits per heavy atom. The number of fused-ring (bicyclic) bond motifs is 1. The summed E-state index contributed by atoms with van der Waals surface area (Å²) in [5, 5.41) is 3.32. The van der Waals surface area contributed by atoms with E-state index in [1.165, 1.54) is 0 Å². The summed E-state index contributed by atoms with van der Waals surface area (Å²) in [6, 6.07) is 5.81. The van der Waals surface area contributed by atoms with E-state index in [1.54, 1.807) is 11.9 Å². The summed E-state index contributed by atoms with van der Waals surface area (Å²) < 4.78 is 0. The van der Waals surface area contributed by atoms with Crippen molar-refractivity contribution in [1.82, 2.24) is 4.90 Å². The molecule has 0 spiro atoms. The van der Waals surface area contributed by atoms with E-state index in [9.17, 15) is 4.79 Å². The highest BCUT2D eigenvalue weighted by Gasteiger charge is 2.19. The Morgan fingerprint density at radius 3 is 3.18 bits per heavy atom. The second-order valence-corrected chi connectivity index (χ2v) is 4.23. The van der Waals surface area contributed by atoms with Gasteiger partial charge in [0, 0.05) is 24.8 Å². The lowest BCUT2D eigenvalue weighted by molar-refractivity contribution is 0.0811. The standard InChI is InChI=1S/C14H16N2O/c1-3-10-16(2)14(17)12-6-4-8-13-11(12)7-5-9-15-13/h1,4,6,8,15H,5,7,9-10H2,2H3. The monoisotopic (exact) mass is 228 g/mol. The van der Waals surface area contributed by atoms with E-state index >= 15 is 0 Å². The molecular formula is C14H16N2O. The Labute approximate surface area is 102 Å². The molecule has 1 aromatic carbocycles. The van der Waals surface area contributed by atoms with E-state index in [-0.39, 0.29) is 5.91 Å². The molecule has 0 aliphatic carbocycles. The molecule has 2 rings (SSSR count). The van der Waals surface area contributed by atoms with Crippen LogP contribution < -0.4 is 5.32 Å². The summed E-state index contributed by atoms with van der Waals surface area (Å²) in [6.07, 6.45) is 7.25. The van der Waals surface area contributed by atoms with Crippen LogP contribution in [0.25, 0.3) is 0 Å². The van der Waals surface area contributed by atoms with Crippen molar-refractivity contribution in [1.29, 1.82) is 0 Å². The first-order valence-corrected chi connectivity index (χ1v) is 5.78. The minimum Gasteiger partial charge on any atom is -0.385 e. The van der Waals surface area contributed by atoms with Crippen LogP contribution in [-0.2, 0) is 6.42 Å². The van der Waals surface area contributed by atoms with Crippen LogP contribution in [0.15, 0.2) is 18.2 Å². The molecular weight excluding hydrogens is 212 g/mol. The minimum atomic E-state index is 0.00324. The molecule has 0 atom stereocenters. The first-order valence-electron chi connectivity index (χ1n) is 5.78. The van der Waals surface area contributed by atoms with Crippen LogP contribution in [0.4, 0.5) is 5.69 Å². The van der Waals surface area contributed by atoms with E-state index in [0.717, 1.165) is 36.2 Å². The van der Waals surface area contributed by atoms with Crippen LogP contribution in [0.1, 0.15) is 22.3 Å². The van der Waals surface area contributed by atoms with Crippen molar-refractivity contribution in [3.8, 4) is 12.3 Å². The number of amides is 1. The molecule has 1 aliphatic heterocycles. The average molecular weight is 228 g/mol. The van der Waals surface area contributed by atoms with Gasteiger partial charge in [0.25, 0.3) is 5.91 Å². The van der Waals surface area contributed by atoms with Crippen molar-refractivity contribution in [2.24, 2.45) is 0 Å². The molecule has 0 unspecified atom stereocenters. The van der Waals surface area contributed by atoms with E-state index in [4.69, 9.17) is 6.42 Å². The molecule has 1 amide bonds. The summed E-state index contributed by atoms with van der Waals surface area (Å²) in [6.45, 7) is 1.32. The van der Waals surface area contributed by atoms with Crippen LogP contribution in [0.3, 0.4) is 0 Å². The van der Waals surface area contributed by atoms with Gasteiger partial charge >= 0.3 is 0 Å². The molecule has 0 radical (unpaired) electrons. The SMILES string of the molecule is C#CCN(C)C(=O)c1cccc2c1CCCN2. The number of hydrogen-bond donors (Lipinski definition) is 1. The average Bonchev–Trinajstić information content (AvgIpc) is 2.37. The lowest BCUT2D eigenvalue weighted by atomic mass is 9.97. The number of nitrogens with one attached hydrogen (secondary N) is 1. The number of terminal acetylenes is 1. The highest BCUT2D eigenvalue weighted by atomic mass is 16.2. The van der Waals surface area contributed by atoms with E-state index in [1.807, 2.05) is 18.2 Å². The van der Waals surface area contributed by atoms with Gasteiger partial charge in [-0.3, -0.25) is 4.79 Å². The molecule has 3 heteroatoms. The van der Waals surface area contributed by atoms with Gasteiger partial charge in [0.15, 0.2) is 0 Å². The van der Waals surface area contributed by atoms with Crippen LogP contribution in [-0.4, -0.2) is 30.9 Å². The zero-order valence-electron chi connectivity index (χ0n) is 9.99. The van der Waals surface area contributed by atoms with Gasteiger partial charge in [-0.1, -0.05) is 12.0 Å². The number of carbonyl (C=O) groups excluding carboxylic acids is 1. The topological polar surface area (TPSA) is 32.3 Å². The van der Waals surface area contributed by atoms with E-state index in [2.05, 4.69) is 11.2 Å². The lowest BCUT2D eigenvalue weighted by Gasteiger charge is -2.22.